The van der Waals surface area contributed by atoms with Crippen LogP contribution in [-0.4, -0.2) is 55.4 Å². The van der Waals surface area contributed by atoms with Gasteiger partial charge in [0.05, 0.1) is 59.2 Å². The predicted octanol–water partition coefficient (Wildman–Crippen LogP) is 5.34. The van der Waals surface area contributed by atoms with Crippen LogP contribution in [0.3, 0.4) is 0 Å². The summed E-state index contributed by atoms with van der Waals surface area (Å²) in [6.07, 6.45) is 3.55. The zero-order chi connectivity index (χ0) is 27.5. The maximum absolute atomic E-state index is 15.3. The second-order valence-electron chi connectivity index (χ2n) is 9.71. The molecule has 1 aliphatic heterocycles. The number of benzene rings is 2. The number of fused-ring (bicyclic) bond motifs is 4. The first-order valence-electron chi connectivity index (χ1n) is 12.1. The van der Waals surface area contributed by atoms with E-state index in [0.717, 1.165) is 20.7 Å². The summed E-state index contributed by atoms with van der Waals surface area (Å²) in [5.74, 6) is 0.505. The molecule has 39 heavy (non-hydrogen) atoms. The lowest BCUT2D eigenvalue weighted by Crippen LogP contribution is -2.46. The van der Waals surface area contributed by atoms with Gasteiger partial charge in [0.25, 0.3) is 0 Å². The van der Waals surface area contributed by atoms with E-state index in [-0.39, 0.29) is 12.3 Å². The van der Waals surface area contributed by atoms with Crippen LogP contribution in [0.25, 0.3) is 31.8 Å². The Morgan fingerprint density at radius 2 is 1.92 bits per heavy atom. The van der Waals surface area contributed by atoms with Crippen LogP contribution in [0.5, 0.6) is 11.6 Å². The molecular formula is C27H23FN6O4S. The molecule has 1 N–H and O–H groups in total. The van der Waals surface area contributed by atoms with Crippen molar-refractivity contribution in [2.75, 3.05) is 18.6 Å². The Labute approximate surface area is 226 Å². The summed E-state index contributed by atoms with van der Waals surface area (Å²) in [4.78, 5) is 35.2. The van der Waals surface area contributed by atoms with Crippen molar-refractivity contribution < 1.29 is 23.8 Å². The number of carbonyl (C=O) groups is 1. The fraction of sp³-hybridized carbons (Fsp3) is 0.259. The van der Waals surface area contributed by atoms with Gasteiger partial charge in [-0.25, -0.2) is 34.1 Å². The third-order valence-corrected chi connectivity index (χ3v) is 7.76. The fourth-order valence-electron chi connectivity index (χ4n) is 4.85. The summed E-state index contributed by atoms with van der Waals surface area (Å²) in [5, 5.41) is 10.6. The molecule has 12 heteroatoms. The SMILES string of the molecule is COc1cnc2c(-c3nc4cc(F)c5c(c4s3)C[C@](C)(CN(C(=O)O)c3cnc(C)nc3)O5)cc(C)cc2n1. The average molecular weight is 547 g/mol. The third-order valence-electron chi connectivity index (χ3n) is 6.59. The zero-order valence-corrected chi connectivity index (χ0v) is 22.3. The van der Waals surface area contributed by atoms with E-state index >= 15 is 4.39 Å². The number of aryl methyl sites for hydroxylation is 2. The number of hydrogen-bond donors (Lipinski definition) is 1. The highest BCUT2D eigenvalue weighted by Crippen LogP contribution is 2.46. The minimum Gasteiger partial charge on any atom is -0.482 e. The molecule has 1 atom stereocenters. The van der Waals surface area contributed by atoms with Crippen molar-refractivity contribution in [1.82, 2.24) is 24.9 Å². The number of thiazole rings is 1. The van der Waals surface area contributed by atoms with Crippen LogP contribution in [0, 0.1) is 19.7 Å². The van der Waals surface area contributed by atoms with Crippen LogP contribution in [-0.2, 0) is 6.42 Å². The molecule has 5 aromatic rings. The number of halogens is 1. The maximum atomic E-state index is 15.3. The normalized spacial score (nSPS) is 16.3. The van der Waals surface area contributed by atoms with Crippen molar-refractivity contribution in [3.05, 3.63) is 59.6 Å². The Kier molecular flexibility index (Phi) is 5.79. The summed E-state index contributed by atoms with van der Waals surface area (Å²) in [6, 6.07) is 5.26. The highest BCUT2D eigenvalue weighted by Gasteiger charge is 2.41. The van der Waals surface area contributed by atoms with Crippen LogP contribution in [0.15, 0.2) is 36.8 Å². The van der Waals surface area contributed by atoms with Crippen LogP contribution in [0.4, 0.5) is 14.9 Å². The number of anilines is 1. The van der Waals surface area contributed by atoms with Gasteiger partial charge in [-0.05, 0) is 38.5 Å². The van der Waals surface area contributed by atoms with Gasteiger partial charge in [0, 0.05) is 23.6 Å². The molecular weight excluding hydrogens is 523 g/mol. The standard InChI is InChI=1S/C27H23FN6O4S/c1-13-5-16(22-19(6-13)32-21(37-4)11-31-22)25-33-20-7-18(28)23-17(24(20)39-25)8-27(3,38-23)12-34(26(35)36)15-9-29-14(2)30-10-15/h5-7,9-11H,8,12H2,1-4H3,(H,35,36)/t27-/m1/s1. The first-order chi connectivity index (χ1) is 18.6. The number of aromatic nitrogens is 5. The van der Waals surface area contributed by atoms with Gasteiger partial charge in [-0.15, -0.1) is 11.3 Å². The Bertz CT molecular complexity index is 1780. The summed E-state index contributed by atoms with van der Waals surface area (Å²) in [5.41, 5.74) is 3.53. The highest BCUT2D eigenvalue weighted by atomic mass is 32.1. The third kappa shape index (κ3) is 4.36. The molecule has 2 aromatic carbocycles. The molecule has 0 fully saturated rings. The van der Waals surface area contributed by atoms with Crippen LogP contribution < -0.4 is 14.4 Å². The monoisotopic (exact) mass is 546 g/mol. The molecule has 3 aromatic heterocycles. The summed E-state index contributed by atoms with van der Waals surface area (Å²) in [7, 11) is 1.54. The number of rotatable bonds is 5. The predicted molar refractivity (Wildman–Crippen MR) is 144 cm³/mol. The topological polar surface area (TPSA) is 123 Å². The summed E-state index contributed by atoms with van der Waals surface area (Å²) in [6.45, 7) is 5.40. The summed E-state index contributed by atoms with van der Waals surface area (Å²) >= 11 is 1.42. The summed E-state index contributed by atoms with van der Waals surface area (Å²) < 4.78 is 27.4. The maximum Gasteiger partial charge on any atom is 0.412 e. The lowest BCUT2D eigenvalue weighted by Gasteiger charge is -2.30. The van der Waals surface area contributed by atoms with Crippen molar-refractivity contribution in [3.8, 4) is 22.2 Å². The van der Waals surface area contributed by atoms with Gasteiger partial charge in [0.1, 0.15) is 16.4 Å². The zero-order valence-electron chi connectivity index (χ0n) is 21.5. The van der Waals surface area contributed by atoms with E-state index in [2.05, 4.69) is 19.9 Å². The molecule has 0 saturated carbocycles. The number of carboxylic acid groups (broad SMARTS) is 1. The lowest BCUT2D eigenvalue weighted by molar-refractivity contribution is 0.115. The Balaban J connectivity index is 1.40. The van der Waals surface area contributed by atoms with Gasteiger partial charge < -0.3 is 14.6 Å². The average Bonchev–Trinajstić information content (AvgIpc) is 3.48. The van der Waals surface area contributed by atoms with E-state index in [1.165, 1.54) is 36.9 Å². The van der Waals surface area contributed by atoms with Gasteiger partial charge in [0.2, 0.25) is 5.88 Å². The molecule has 4 heterocycles. The Morgan fingerprint density at radius 1 is 1.15 bits per heavy atom. The molecule has 0 spiro atoms. The van der Waals surface area contributed by atoms with Crippen molar-refractivity contribution in [3.63, 3.8) is 0 Å². The van der Waals surface area contributed by atoms with E-state index in [4.69, 9.17) is 14.5 Å². The van der Waals surface area contributed by atoms with Gasteiger partial charge >= 0.3 is 6.09 Å². The van der Waals surface area contributed by atoms with Crippen LogP contribution in [0.1, 0.15) is 23.9 Å². The van der Waals surface area contributed by atoms with E-state index in [9.17, 15) is 9.90 Å². The molecule has 0 aliphatic carbocycles. The second-order valence-corrected chi connectivity index (χ2v) is 10.7. The number of ether oxygens (including phenoxy) is 2. The molecule has 6 rings (SSSR count). The van der Waals surface area contributed by atoms with E-state index in [1.54, 1.807) is 20.0 Å². The smallest absolute Gasteiger partial charge is 0.412 e. The van der Waals surface area contributed by atoms with Gasteiger partial charge in [-0.1, -0.05) is 0 Å². The molecule has 198 valence electrons. The fourth-order valence-corrected chi connectivity index (χ4v) is 5.95. The largest absolute Gasteiger partial charge is 0.482 e. The first-order valence-corrected chi connectivity index (χ1v) is 12.9. The van der Waals surface area contributed by atoms with Gasteiger partial charge in [-0.2, -0.15) is 0 Å². The molecule has 1 aliphatic rings. The van der Waals surface area contributed by atoms with Crippen LogP contribution in [0.2, 0.25) is 0 Å². The highest BCUT2D eigenvalue weighted by molar-refractivity contribution is 7.22. The van der Waals surface area contributed by atoms with Crippen molar-refractivity contribution >= 4 is 44.4 Å². The minimum atomic E-state index is -1.18. The number of hydrogen-bond acceptors (Lipinski definition) is 9. The number of methoxy groups -OCH3 is 1. The van der Waals surface area contributed by atoms with Crippen molar-refractivity contribution in [2.45, 2.75) is 32.8 Å². The molecule has 0 radical (unpaired) electrons. The number of nitrogens with zero attached hydrogens (tertiary/aromatic N) is 6. The molecule has 1 amide bonds. The molecule has 10 nitrogen and oxygen atoms in total. The quantitative estimate of drug-likeness (QED) is 0.311. The van der Waals surface area contributed by atoms with E-state index in [0.29, 0.717) is 50.9 Å². The Hall–Kier alpha value is -4.45. The second kappa shape index (κ2) is 9.09. The van der Waals surface area contributed by atoms with E-state index < -0.39 is 17.5 Å². The molecule has 0 bridgehead atoms. The lowest BCUT2D eigenvalue weighted by atomic mass is 9.98. The van der Waals surface area contributed by atoms with E-state index in [1.807, 2.05) is 19.1 Å². The van der Waals surface area contributed by atoms with Gasteiger partial charge in [0.15, 0.2) is 11.6 Å². The van der Waals surface area contributed by atoms with Crippen molar-refractivity contribution in [2.24, 2.45) is 0 Å². The van der Waals surface area contributed by atoms with Crippen LogP contribution >= 0.6 is 11.3 Å². The first kappa shape index (κ1) is 24.9. The van der Waals surface area contributed by atoms with Gasteiger partial charge in [-0.3, -0.25) is 4.90 Å². The van der Waals surface area contributed by atoms with Crippen molar-refractivity contribution in [1.29, 1.82) is 0 Å². The molecule has 0 unspecified atom stereocenters. The number of amides is 1. The Morgan fingerprint density at radius 3 is 2.64 bits per heavy atom. The molecule has 0 saturated heterocycles. The minimum absolute atomic E-state index is 0.0457.